The van der Waals surface area contributed by atoms with Crippen LogP contribution in [0.5, 0.6) is 0 Å². The van der Waals surface area contributed by atoms with Crippen LogP contribution in [0.1, 0.15) is 50.7 Å². The van der Waals surface area contributed by atoms with E-state index in [0.717, 1.165) is 0 Å². The van der Waals surface area contributed by atoms with Crippen LogP contribution in [0, 0.1) is 0 Å². The molecule has 0 bridgehead atoms. The minimum absolute atomic E-state index is 0.505. The molecule has 0 aliphatic rings. The zero-order valence-corrected chi connectivity index (χ0v) is 23.4. The second kappa shape index (κ2) is 10.7. The summed E-state index contributed by atoms with van der Waals surface area (Å²) in [5.74, 6) is 1.04. The Morgan fingerprint density at radius 1 is 0.378 bits per heavy atom. The molecule has 184 valence electrons. The molecule has 0 nitrogen and oxygen atoms in total. The van der Waals surface area contributed by atoms with Crippen molar-refractivity contribution in [3.05, 3.63) is 145 Å². The second-order valence-corrected chi connectivity index (χ2v) is 14.4. The van der Waals surface area contributed by atoms with E-state index in [1.54, 1.807) is 0 Å². The van der Waals surface area contributed by atoms with E-state index in [4.69, 9.17) is 0 Å². The summed E-state index contributed by atoms with van der Waals surface area (Å²) in [4.78, 5) is 0. The fourth-order valence-electron chi connectivity index (χ4n) is 5.76. The van der Waals surface area contributed by atoms with Crippen molar-refractivity contribution >= 4 is 28.8 Å². The predicted octanol–water partition coefficient (Wildman–Crippen LogP) is 6.98. The predicted molar refractivity (Wildman–Crippen MR) is 164 cm³/mol. The van der Waals surface area contributed by atoms with Gasteiger partial charge >= 0.3 is 0 Å². The van der Waals surface area contributed by atoms with Crippen LogP contribution in [0.3, 0.4) is 0 Å². The molecular formula is C36H36Si. The van der Waals surface area contributed by atoms with Crippen molar-refractivity contribution in [1.29, 1.82) is 0 Å². The summed E-state index contributed by atoms with van der Waals surface area (Å²) in [5, 5.41) is 5.62. The van der Waals surface area contributed by atoms with E-state index in [1.807, 2.05) is 0 Å². The van der Waals surface area contributed by atoms with Crippen molar-refractivity contribution in [2.45, 2.75) is 39.5 Å². The van der Waals surface area contributed by atoms with E-state index < -0.39 is 8.07 Å². The van der Waals surface area contributed by atoms with Gasteiger partial charge in [0, 0.05) is 0 Å². The van der Waals surface area contributed by atoms with Gasteiger partial charge in [0.05, 0.1) is 0 Å². The van der Waals surface area contributed by atoms with Crippen molar-refractivity contribution in [2.24, 2.45) is 0 Å². The molecule has 0 aromatic heterocycles. The Kier molecular flexibility index (Phi) is 7.25. The summed E-state index contributed by atoms with van der Waals surface area (Å²) in [6, 6.07) is 49.8. The van der Waals surface area contributed by atoms with E-state index in [1.165, 1.54) is 43.0 Å². The van der Waals surface area contributed by atoms with Crippen molar-refractivity contribution < 1.29 is 0 Å². The standard InChI is InChI=1S/C36H36Si/c1-27(2)35-25-22-30(26-36(35)28(3)4)29-20-23-34(24-21-29)37(31-14-8-5-9-15-31,32-16-10-6-11-17-32)33-18-12-7-13-19-33/h5-28H,1-4H3. The monoisotopic (exact) mass is 496 g/mol. The highest BCUT2D eigenvalue weighted by atomic mass is 28.3. The Morgan fingerprint density at radius 3 is 1.16 bits per heavy atom. The molecule has 0 amide bonds. The van der Waals surface area contributed by atoms with Crippen molar-refractivity contribution in [2.75, 3.05) is 0 Å². The lowest BCUT2D eigenvalue weighted by Crippen LogP contribution is -2.74. The maximum Gasteiger partial charge on any atom is 0.179 e. The lowest BCUT2D eigenvalue weighted by Gasteiger charge is -2.34. The normalized spacial score (nSPS) is 11.7. The van der Waals surface area contributed by atoms with Gasteiger partial charge in [-0.3, -0.25) is 0 Å². The molecular weight excluding hydrogens is 460 g/mol. The Hall–Kier alpha value is -3.68. The first kappa shape index (κ1) is 25.0. The lowest BCUT2D eigenvalue weighted by molar-refractivity contribution is 0.791. The molecule has 5 aromatic rings. The molecule has 0 atom stereocenters. The highest BCUT2D eigenvalue weighted by Crippen LogP contribution is 2.31. The van der Waals surface area contributed by atoms with Gasteiger partial charge in [0.2, 0.25) is 0 Å². The zero-order chi connectivity index (χ0) is 25.8. The molecule has 0 N–H and O–H groups in total. The minimum atomic E-state index is -2.48. The fourth-order valence-corrected chi connectivity index (χ4v) is 10.5. The smallest absolute Gasteiger partial charge is 0.0623 e. The molecule has 1 heteroatoms. The van der Waals surface area contributed by atoms with Gasteiger partial charge in [-0.2, -0.15) is 0 Å². The molecule has 0 aliphatic carbocycles. The van der Waals surface area contributed by atoms with Crippen LogP contribution >= 0.6 is 0 Å². The zero-order valence-electron chi connectivity index (χ0n) is 22.4. The topological polar surface area (TPSA) is 0 Å². The second-order valence-electron chi connectivity index (χ2n) is 10.6. The van der Waals surface area contributed by atoms with Gasteiger partial charge in [-0.05, 0) is 54.8 Å². The molecule has 0 unspecified atom stereocenters. The average Bonchev–Trinajstić information content (AvgIpc) is 2.95. The van der Waals surface area contributed by atoms with Crippen molar-refractivity contribution in [3.63, 3.8) is 0 Å². The van der Waals surface area contributed by atoms with Crippen LogP contribution in [0.4, 0.5) is 0 Å². The maximum absolute atomic E-state index is 2.48. The first-order valence-corrected chi connectivity index (χ1v) is 15.4. The van der Waals surface area contributed by atoms with Gasteiger partial charge < -0.3 is 0 Å². The third-order valence-corrected chi connectivity index (χ3v) is 12.4. The van der Waals surface area contributed by atoms with Gasteiger partial charge in [-0.1, -0.05) is 161 Å². The Bertz CT molecular complexity index is 1340. The minimum Gasteiger partial charge on any atom is -0.0623 e. The first-order chi connectivity index (χ1) is 18.0. The van der Waals surface area contributed by atoms with E-state index in [-0.39, 0.29) is 0 Å². The molecule has 0 radical (unpaired) electrons. The fraction of sp³-hybridized carbons (Fsp3) is 0.167. The first-order valence-electron chi connectivity index (χ1n) is 13.4. The molecule has 0 aliphatic heterocycles. The highest BCUT2D eigenvalue weighted by molar-refractivity contribution is 7.19. The number of hydrogen-bond acceptors (Lipinski definition) is 0. The van der Waals surface area contributed by atoms with Gasteiger partial charge in [0.1, 0.15) is 0 Å². The van der Waals surface area contributed by atoms with Gasteiger partial charge in [0.15, 0.2) is 8.07 Å². The molecule has 0 fully saturated rings. The molecule has 0 saturated carbocycles. The number of benzene rings is 5. The van der Waals surface area contributed by atoms with Crippen molar-refractivity contribution in [3.8, 4) is 11.1 Å². The summed E-state index contributed by atoms with van der Waals surface area (Å²) >= 11 is 0. The van der Waals surface area contributed by atoms with Crippen LogP contribution in [0.25, 0.3) is 11.1 Å². The maximum atomic E-state index is 2.41. The summed E-state index contributed by atoms with van der Waals surface area (Å²) in [7, 11) is -2.48. The summed E-state index contributed by atoms with van der Waals surface area (Å²) < 4.78 is 0. The third kappa shape index (κ3) is 4.72. The number of hydrogen-bond donors (Lipinski definition) is 0. The van der Waals surface area contributed by atoms with Crippen LogP contribution in [0.2, 0.25) is 0 Å². The molecule has 5 rings (SSSR count). The van der Waals surface area contributed by atoms with Gasteiger partial charge in [-0.25, -0.2) is 0 Å². The molecule has 0 saturated heterocycles. The van der Waals surface area contributed by atoms with Crippen LogP contribution in [-0.4, -0.2) is 8.07 Å². The lowest BCUT2D eigenvalue weighted by atomic mass is 9.88. The Morgan fingerprint density at radius 2 is 0.757 bits per heavy atom. The van der Waals surface area contributed by atoms with Gasteiger partial charge in [0.25, 0.3) is 0 Å². The Labute approximate surface area is 223 Å². The molecule has 0 heterocycles. The summed E-state index contributed by atoms with van der Waals surface area (Å²) in [5.41, 5.74) is 5.49. The van der Waals surface area contributed by atoms with Gasteiger partial charge in [-0.15, -0.1) is 0 Å². The van der Waals surface area contributed by atoms with Crippen LogP contribution < -0.4 is 20.7 Å². The molecule has 37 heavy (non-hydrogen) atoms. The van der Waals surface area contributed by atoms with Crippen molar-refractivity contribution in [1.82, 2.24) is 0 Å². The molecule has 0 spiro atoms. The summed E-state index contributed by atoms with van der Waals surface area (Å²) in [6.45, 7) is 9.18. The number of rotatable bonds is 7. The SMILES string of the molecule is CC(C)c1ccc(-c2ccc([Si](c3ccccc3)(c3ccccc3)c3ccccc3)cc2)cc1C(C)C. The van der Waals surface area contributed by atoms with Crippen LogP contribution in [-0.2, 0) is 0 Å². The van der Waals surface area contributed by atoms with E-state index in [0.29, 0.717) is 11.8 Å². The molecule has 5 aromatic carbocycles. The van der Waals surface area contributed by atoms with Crippen LogP contribution in [0.15, 0.2) is 133 Å². The highest BCUT2D eigenvalue weighted by Gasteiger charge is 2.41. The quantitative estimate of drug-likeness (QED) is 0.168. The average molecular weight is 497 g/mol. The third-order valence-electron chi connectivity index (χ3n) is 7.60. The summed E-state index contributed by atoms with van der Waals surface area (Å²) in [6.07, 6.45) is 0. The van der Waals surface area contributed by atoms with E-state index in [9.17, 15) is 0 Å². The van der Waals surface area contributed by atoms with E-state index >= 15 is 0 Å². The largest absolute Gasteiger partial charge is 0.179 e. The Balaban J connectivity index is 1.70. The van der Waals surface area contributed by atoms with E-state index in [2.05, 4.69) is 161 Å².